The highest BCUT2D eigenvalue weighted by atomic mass is 32.2. The lowest BCUT2D eigenvalue weighted by Crippen LogP contribution is -2.48. The monoisotopic (exact) mass is 330 g/mol. The lowest BCUT2D eigenvalue weighted by Gasteiger charge is -2.35. The Bertz CT molecular complexity index is 621. The number of methoxy groups -OCH3 is 1. The average Bonchev–Trinajstić information content (AvgIpc) is 2.47. The molecule has 1 fully saturated rings. The molecule has 0 aromatic heterocycles. The summed E-state index contributed by atoms with van der Waals surface area (Å²) in [5, 5.41) is 0. The highest BCUT2D eigenvalue weighted by Crippen LogP contribution is 2.24. The van der Waals surface area contributed by atoms with E-state index >= 15 is 0 Å². The second-order valence-electron chi connectivity index (χ2n) is 5.69. The Balaban J connectivity index is 2.13. The quantitative estimate of drug-likeness (QED) is 0.833. The molecule has 1 heterocycles. The van der Waals surface area contributed by atoms with Gasteiger partial charge >= 0.3 is 0 Å². The number of benzene rings is 1. The van der Waals surface area contributed by atoms with Crippen molar-refractivity contribution in [1.82, 2.24) is 8.61 Å². The fourth-order valence-corrected chi connectivity index (χ4v) is 4.33. The molecule has 22 heavy (non-hydrogen) atoms. The molecule has 0 bridgehead atoms. The summed E-state index contributed by atoms with van der Waals surface area (Å²) in [6.45, 7) is 2.61. The van der Waals surface area contributed by atoms with Crippen molar-refractivity contribution in [1.29, 1.82) is 0 Å². The third-order valence-corrected chi connectivity index (χ3v) is 6.11. The zero-order valence-corrected chi connectivity index (χ0v) is 14.1. The first-order valence-corrected chi connectivity index (χ1v) is 8.81. The predicted molar refractivity (Wildman–Crippen MR) is 83.4 cm³/mol. The van der Waals surface area contributed by atoms with Crippen LogP contribution in [0.3, 0.4) is 0 Å². The van der Waals surface area contributed by atoms with Gasteiger partial charge in [0.05, 0.1) is 7.11 Å². The summed E-state index contributed by atoms with van der Waals surface area (Å²) in [7, 11) is -0.603. The third-order valence-electron chi connectivity index (χ3n) is 4.05. The molecule has 2 rings (SSSR count). The summed E-state index contributed by atoms with van der Waals surface area (Å²) in [6, 6.07) is 4.50. The standard InChI is InChI=1S/C15H23FN2O3S/c1-12-6-4-5-9-18(12)22(19,20)17(2)11-13-7-8-15(21-3)14(16)10-13/h7-8,10,12H,4-6,9,11H2,1-3H3. The molecule has 5 nitrogen and oxygen atoms in total. The highest BCUT2D eigenvalue weighted by molar-refractivity contribution is 7.86. The molecule has 1 unspecified atom stereocenters. The molecule has 7 heteroatoms. The summed E-state index contributed by atoms with van der Waals surface area (Å²) >= 11 is 0. The van der Waals surface area contributed by atoms with Gasteiger partial charge in [-0.15, -0.1) is 0 Å². The third kappa shape index (κ3) is 3.59. The van der Waals surface area contributed by atoms with Crippen molar-refractivity contribution >= 4 is 10.2 Å². The van der Waals surface area contributed by atoms with Crippen LogP contribution in [0.1, 0.15) is 31.7 Å². The van der Waals surface area contributed by atoms with Crippen LogP contribution in [0.25, 0.3) is 0 Å². The normalized spacial score (nSPS) is 20.3. The first-order valence-electron chi connectivity index (χ1n) is 7.41. The van der Waals surface area contributed by atoms with Crippen LogP contribution in [0, 0.1) is 5.82 Å². The Kier molecular flexibility index (Phi) is 5.41. The van der Waals surface area contributed by atoms with Crippen molar-refractivity contribution < 1.29 is 17.5 Å². The fraction of sp³-hybridized carbons (Fsp3) is 0.600. The van der Waals surface area contributed by atoms with E-state index in [1.165, 1.54) is 34.9 Å². The number of hydrogen-bond acceptors (Lipinski definition) is 3. The largest absolute Gasteiger partial charge is 0.494 e. The molecule has 0 N–H and O–H groups in total. The van der Waals surface area contributed by atoms with Gasteiger partial charge in [-0.3, -0.25) is 0 Å². The first-order chi connectivity index (χ1) is 10.4. The van der Waals surface area contributed by atoms with Crippen molar-refractivity contribution in [3.63, 3.8) is 0 Å². The molecule has 0 spiro atoms. The van der Waals surface area contributed by atoms with Crippen molar-refractivity contribution in [3.05, 3.63) is 29.6 Å². The summed E-state index contributed by atoms with van der Waals surface area (Å²) < 4.78 is 46.7. The molecule has 0 amide bonds. The summed E-state index contributed by atoms with van der Waals surface area (Å²) in [5.41, 5.74) is 0.592. The predicted octanol–water partition coefficient (Wildman–Crippen LogP) is 2.39. The van der Waals surface area contributed by atoms with E-state index in [4.69, 9.17) is 4.74 Å². The van der Waals surface area contributed by atoms with E-state index in [9.17, 15) is 12.8 Å². The molecule has 1 aromatic rings. The van der Waals surface area contributed by atoms with Gasteiger partial charge in [0, 0.05) is 26.2 Å². The van der Waals surface area contributed by atoms with Gasteiger partial charge in [0.2, 0.25) is 0 Å². The van der Waals surface area contributed by atoms with Crippen molar-refractivity contribution in [2.24, 2.45) is 0 Å². The van der Waals surface area contributed by atoms with Crippen LogP contribution < -0.4 is 4.74 Å². The second-order valence-corrected chi connectivity index (χ2v) is 7.68. The molecular formula is C15H23FN2O3S. The van der Waals surface area contributed by atoms with Crippen LogP contribution in [0.4, 0.5) is 4.39 Å². The fourth-order valence-electron chi connectivity index (χ4n) is 2.74. The summed E-state index contributed by atoms with van der Waals surface area (Å²) in [5.74, 6) is -0.337. The van der Waals surface area contributed by atoms with Gasteiger partial charge < -0.3 is 4.74 Å². The van der Waals surface area contributed by atoms with E-state index in [0.717, 1.165) is 19.3 Å². The van der Waals surface area contributed by atoms with Crippen LogP contribution in [0.2, 0.25) is 0 Å². The van der Waals surface area contributed by atoms with Crippen molar-refractivity contribution in [2.45, 2.75) is 38.8 Å². The van der Waals surface area contributed by atoms with Gasteiger partial charge in [-0.1, -0.05) is 12.5 Å². The molecule has 124 valence electrons. The summed E-state index contributed by atoms with van der Waals surface area (Å²) in [6.07, 6.45) is 2.82. The Morgan fingerprint density at radius 1 is 1.41 bits per heavy atom. The number of rotatable bonds is 5. The first kappa shape index (κ1) is 17.2. The van der Waals surface area contributed by atoms with E-state index in [1.54, 1.807) is 6.07 Å². The van der Waals surface area contributed by atoms with Crippen molar-refractivity contribution in [2.75, 3.05) is 20.7 Å². The topological polar surface area (TPSA) is 49.9 Å². The zero-order valence-electron chi connectivity index (χ0n) is 13.3. The van der Waals surface area contributed by atoms with Gasteiger partial charge in [0.1, 0.15) is 0 Å². The highest BCUT2D eigenvalue weighted by Gasteiger charge is 2.32. The number of halogens is 1. The average molecular weight is 330 g/mol. The van der Waals surface area contributed by atoms with Crippen LogP contribution in [0.15, 0.2) is 18.2 Å². The van der Waals surface area contributed by atoms with Gasteiger partial charge in [-0.2, -0.15) is 17.0 Å². The molecule has 1 atom stereocenters. The van der Waals surface area contributed by atoms with E-state index in [1.807, 2.05) is 6.92 Å². The van der Waals surface area contributed by atoms with Crippen LogP contribution in [-0.4, -0.2) is 43.8 Å². The smallest absolute Gasteiger partial charge is 0.282 e. The zero-order chi connectivity index (χ0) is 16.3. The van der Waals surface area contributed by atoms with E-state index in [-0.39, 0.29) is 18.3 Å². The Labute approximate surface area is 131 Å². The van der Waals surface area contributed by atoms with E-state index in [0.29, 0.717) is 12.1 Å². The van der Waals surface area contributed by atoms with Crippen LogP contribution >= 0.6 is 0 Å². The number of ether oxygens (including phenoxy) is 1. The molecule has 1 saturated heterocycles. The lowest BCUT2D eigenvalue weighted by atomic mass is 10.1. The molecular weight excluding hydrogens is 307 g/mol. The minimum atomic E-state index is -3.52. The molecule has 0 aliphatic carbocycles. The molecule has 0 saturated carbocycles. The van der Waals surface area contributed by atoms with Crippen LogP contribution in [0.5, 0.6) is 5.75 Å². The lowest BCUT2D eigenvalue weighted by molar-refractivity contribution is 0.249. The molecule has 0 radical (unpaired) electrons. The maximum Gasteiger partial charge on any atom is 0.282 e. The SMILES string of the molecule is COc1ccc(CN(C)S(=O)(=O)N2CCCCC2C)cc1F. The number of hydrogen-bond donors (Lipinski definition) is 0. The Hall–Kier alpha value is -1.18. The maximum absolute atomic E-state index is 13.7. The van der Waals surface area contributed by atoms with Crippen molar-refractivity contribution in [3.8, 4) is 5.75 Å². The maximum atomic E-state index is 13.7. The summed E-state index contributed by atoms with van der Waals surface area (Å²) in [4.78, 5) is 0. The van der Waals surface area contributed by atoms with Gasteiger partial charge in [0.15, 0.2) is 11.6 Å². The van der Waals surface area contributed by atoms with Crippen LogP contribution in [-0.2, 0) is 16.8 Å². The van der Waals surface area contributed by atoms with E-state index in [2.05, 4.69) is 0 Å². The Morgan fingerprint density at radius 2 is 2.14 bits per heavy atom. The minimum Gasteiger partial charge on any atom is -0.494 e. The van der Waals surface area contributed by atoms with Gasteiger partial charge in [-0.05, 0) is 37.5 Å². The molecule has 1 aliphatic rings. The number of nitrogens with zero attached hydrogens (tertiary/aromatic N) is 2. The van der Waals surface area contributed by atoms with Gasteiger partial charge in [0.25, 0.3) is 10.2 Å². The Morgan fingerprint density at radius 3 is 2.73 bits per heavy atom. The minimum absolute atomic E-state index is 0.00815. The second kappa shape index (κ2) is 6.93. The molecule has 1 aliphatic heterocycles. The van der Waals surface area contributed by atoms with Gasteiger partial charge in [-0.25, -0.2) is 4.39 Å². The number of piperidine rings is 1. The van der Waals surface area contributed by atoms with E-state index < -0.39 is 16.0 Å². The molecule has 1 aromatic carbocycles.